The quantitative estimate of drug-likeness (QED) is 0.849. The van der Waals surface area contributed by atoms with Crippen molar-refractivity contribution in [1.82, 2.24) is 0 Å². The van der Waals surface area contributed by atoms with Gasteiger partial charge in [-0.05, 0) is 36.4 Å². The molecule has 0 amide bonds. The lowest BCUT2D eigenvalue weighted by Gasteiger charge is -2.10. The van der Waals surface area contributed by atoms with Crippen LogP contribution in [0.15, 0.2) is 47.4 Å². The first-order chi connectivity index (χ1) is 9.44. The van der Waals surface area contributed by atoms with Gasteiger partial charge in [-0.15, -0.1) is 0 Å². The summed E-state index contributed by atoms with van der Waals surface area (Å²) in [6, 6.07) is 10.4. The molecule has 0 unspecified atom stereocenters. The molecule has 0 aliphatic heterocycles. The van der Waals surface area contributed by atoms with E-state index < -0.39 is 27.3 Å². The van der Waals surface area contributed by atoms with Crippen LogP contribution in [0, 0.1) is 17.1 Å². The van der Waals surface area contributed by atoms with E-state index in [0.717, 1.165) is 6.07 Å². The summed E-state index contributed by atoms with van der Waals surface area (Å²) in [5, 5.41) is 18.1. The summed E-state index contributed by atoms with van der Waals surface area (Å²) in [7, 11) is -4.04. The number of nitriles is 1. The zero-order chi connectivity index (χ0) is 14.8. The number of nitrogens with one attached hydrogen (secondary N) is 1. The molecular formula is C13H9FN2O3S. The second-order valence-electron chi connectivity index (χ2n) is 3.88. The number of aromatic hydroxyl groups is 1. The van der Waals surface area contributed by atoms with Crippen LogP contribution in [0.4, 0.5) is 10.1 Å². The Hall–Kier alpha value is -2.59. The molecule has 0 fully saturated rings. The third kappa shape index (κ3) is 2.70. The molecule has 102 valence electrons. The first-order valence-electron chi connectivity index (χ1n) is 5.44. The first kappa shape index (κ1) is 13.8. The lowest BCUT2D eigenvalue weighted by atomic mass is 10.2. The Kier molecular flexibility index (Phi) is 3.59. The highest BCUT2D eigenvalue weighted by Gasteiger charge is 2.18. The number of anilines is 1. The fourth-order valence-corrected chi connectivity index (χ4v) is 2.60. The Morgan fingerprint density at radius 2 is 1.80 bits per heavy atom. The predicted molar refractivity (Wildman–Crippen MR) is 70.0 cm³/mol. The zero-order valence-electron chi connectivity index (χ0n) is 10.0. The third-order valence-electron chi connectivity index (χ3n) is 2.52. The summed E-state index contributed by atoms with van der Waals surface area (Å²) in [6.45, 7) is 0. The molecule has 0 saturated heterocycles. The average Bonchev–Trinajstić information content (AvgIpc) is 2.43. The highest BCUT2D eigenvalue weighted by molar-refractivity contribution is 7.92. The van der Waals surface area contributed by atoms with E-state index in [1.54, 1.807) is 0 Å². The molecule has 20 heavy (non-hydrogen) atoms. The predicted octanol–water partition coefficient (Wildman–Crippen LogP) is 2.20. The van der Waals surface area contributed by atoms with Gasteiger partial charge in [0.05, 0.1) is 16.5 Å². The number of rotatable bonds is 3. The monoisotopic (exact) mass is 292 g/mol. The lowest BCUT2D eigenvalue weighted by Crippen LogP contribution is -2.14. The van der Waals surface area contributed by atoms with Crippen LogP contribution < -0.4 is 4.72 Å². The number of hydrogen-bond donors (Lipinski definition) is 2. The molecule has 0 atom stereocenters. The maximum absolute atomic E-state index is 13.5. The molecule has 0 aliphatic rings. The van der Waals surface area contributed by atoms with Crippen molar-refractivity contribution in [3.8, 4) is 11.8 Å². The first-order valence-corrected chi connectivity index (χ1v) is 6.93. The molecule has 0 spiro atoms. The van der Waals surface area contributed by atoms with E-state index in [4.69, 9.17) is 5.26 Å². The van der Waals surface area contributed by atoms with E-state index in [-0.39, 0.29) is 4.90 Å². The topological polar surface area (TPSA) is 90.2 Å². The average molecular weight is 292 g/mol. The van der Waals surface area contributed by atoms with Crippen LogP contribution in [-0.2, 0) is 10.0 Å². The molecule has 0 bridgehead atoms. The number of phenolic OH excluding ortho intramolecular Hbond substituents is 1. The van der Waals surface area contributed by atoms with Gasteiger partial charge in [0.25, 0.3) is 10.0 Å². The minimum atomic E-state index is -4.04. The summed E-state index contributed by atoms with van der Waals surface area (Å²) in [6.07, 6.45) is 0. The Bertz CT molecular complexity index is 760. The van der Waals surface area contributed by atoms with Crippen LogP contribution in [0.3, 0.4) is 0 Å². The van der Waals surface area contributed by atoms with E-state index in [1.165, 1.54) is 36.4 Å². The van der Waals surface area contributed by atoms with Crippen molar-refractivity contribution in [1.29, 1.82) is 5.26 Å². The standard InChI is InChI=1S/C13H9FN2O3S/c14-11-2-1-3-12(17)13(11)16-20(18,19)10-6-4-9(8-15)5-7-10/h1-7,16-17H. The maximum Gasteiger partial charge on any atom is 0.262 e. The molecule has 7 heteroatoms. The van der Waals surface area contributed by atoms with Gasteiger partial charge < -0.3 is 5.11 Å². The summed E-state index contributed by atoms with van der Waals surface area (Å²) in [5.41, 5.74) is -0.213. The lowest BCUT2D eigenvalue weighted by molar-refractivity contribution is 0.472. The molecular weight excluding hydrogens is 283 g/mol. The van der Waals surface area contributed by atoms with E-state index >= 15 is 0 Å². The van der Waals surface area contributed by atoms with Gasteiger partial charge in [-0.2, -0.15) is 5.26 Å². The Morgan fingerprint density at radius 3 is 2.35 bits per heavy atom. The number of phenols is 1. The molecule has 2 aromatic rings. The van der Waals surface area contributed by atoms with Crippen LogP contribution in [0.5, 0.6) is 5.75 Å². The Labute approximate surface area is 115 Å². The smallest absolute Gasteiger partial charge is 0.262 e. The zero-order valence-corrected chi connectivity index (χ0v) is 10.9. The number of nitrogens with zero attached hydrogens (tertiary/aromatic N) is 1. The Balaban J connectivity index is 2.38. The molecule has 2 N–H and O–H groups in total. The van der Waals surface area contributed by atoms with Gasteiger partial charge in [-0.3, -0.25) is 4.72 Å². The van der Waals surface area contributed by atoms with E-state index in [0.29, 0.717) is 5.56 Å². The van der Waals surface area contributed by atoms with Gasteiger partial charge in [0.15, 0.2) is 5.82 Å². The van der Waals surface area contributed by atoms with Gasteiger partial charge in [0.2, 0.25) is 0 Å². The minimum Gasteiger partial charge on any atom is -0.506 e. The summed E-state index contributed by atoms with van der Waals surface area (Å²) >= 11 is 0. The van der Waals surface area contributed by atoms with Crippen LogP contribution in [0.2, 0.25) is 0 Å². The van der Waals surface area contributed by atoms with Gasteiger partial charge in [0.1, 0.15) is 11.4 Å². The number of benzene rings is 2. The molecule has 0 saturated carbocycles. The van der Waals surface area contributed by atoms with Gasteiger partial charge in [-0.1, -0.05) is 6.07 Å². The molecule has 0 aliphatic carbocycles. The van der Waals surface area contributed by atoms with Gasteiger partial charge in [-0.25, -0.2) is 12.8 Å². The van der Waals surface area contributed by atoms with Crippen molar-refractivity contribution in [3.63, 3.8) is 0 Å². The van der Waals surface area contributed by atoms with Crippen molar-refractivity contribution in [3.05, 3.63) is 53.8 Å². The highest BCUT2D eigenvalue weighted by atomic mass is 32.2. The number of halogens is 1. The second kappa shape index (κ2) is 5.19. The number of para-hydroxylation sites is 1. The van der Waals surface area contributed by atoms with Crippen LogP contribution in [-0.4, -0.2) is 13.5 Å². The van der Waals surface area contributed by atoms with Crippen molar-refractivity contribution in [2.45, 2.75) is 4.90 Å². The van der Waals surface area contributed by atoms with Crippen molar-refractivity contribution >= 4 is 15.7 Å². The van der Waals surface area contributed by atoms with Crippen LogP contribution >= 0.6 is 0 Å². The Morgan fingerprint density at radius 1 is 1.15 bits per heavy atom. The fourth-order valence-electron chi connectivity index (χ4n) is 1.52. The van der Waals surface area contributed by atoms with Crippen LogP contribution in [0.25, 0.3) is 0 Å². The summed E-state index contributed by atoms with van der Waals surface area (Å²) < 4.78 is 39.5. The van der Waals surface area contributed by atoms with Gasteiger partial charge in [0, 0.05) is 0 Å². The van der Waals surface area contributed by atoms with Gasteiger partial charge >= 0.3 is 0 Å². The molecule has 2 aromatic carbocycles. The van der Waals surface area contributed by atoms with Crippen LogP contribution in [0.1, 0.15) is 5.56 Å². The molecule has 2 rings (SSSR count). The maximum atomic E-state index is 13.5. The van der Waals surface area contributed by atoms with Crippen molar-refractivity contribution in [2.24, 2.45) is 0 Å². The number of sulfonamides is 1. The highest BCUT2D eigenvalue weighted by Crippen LogP contribution is 2.28. The summed E-state index contributed by atoms with van der Waals surface area (Å²) in [5.74, 6) is -1.40. The van der Waals surface area contributed by atoms with E-state index in [2.05, 4.69) is 0 Å². The molecule has 0 radical (unpaired) electrons. The fraction of sp³-hybridized carbons (Fsp3) is 0. The van der Waals surface area contributed by atoms with Crippen molar-refractivity contribution < 1.29 is 17.9 Å². The number of hydrogen-bond acceptors (Lipinski definition) is 4. The third-order valence-corrected chi connectivity index (χ3v) is 3.89. The molecule has 5 nitrogen and oxygen atoms in total. The van der Waals surface area contributed by atoms with E-state index in [9.17, 15) is 17.9 Å². The molecule has 0 aromatic heterocycles. The second-order valence-corrected chi connectivity index (χ2v) is 5.56. The van der Waals surface area contributed by atoms with Crippen molar-refractivity contribution in [2.75, 3.05) is 4.72 Å². The summed E-state index contributed by atoms with van der Waals surface area (Å²) in [4.78, 5) is -0.140. The molecule has 0 heterocycles. The SMILES string of the molecule is N#Cc1ccc(S(=O)(=O)Nc2c(O)cccc2F)cc1. The normalized spacial score (nSPS) is 10.8. The minimum absolute atomic E-state index is 0.140. The van der Waals surface area contributed by atoms with E-state index in [1.807, 2.05) is 10.8 Å². The largest absolute Gasteiger partial charge is 0.506 e.